The molecule has 2 rings (SSSR count). The second-order valence-corrected chi connectivity index (χ2v) is 5.22. The Morgan fingerprint density at radius 1 is 1.33 bits per heavy atom. The van der Waals surface area contributed by atoms with Crippen molar-refractivity contribution in [3.8, 4) is 0 Å². The third kappa shape index (κ3) is 4.11. The van der Waals surface area contributed by atoms with Crippen molar-refractivity contribution in [3.05, 3.63) is 30.3 Å². The zero-order valence-electron chi connectivity index (χ0n) is 10.6. The summed E-state index contributed by atoms with van der Waals surface area (Å²) in [4.78, 5) is 0. The highest BCUT2D eigenvalue weighted by Crippen LogP contribution is 2.20. The molecule has 1 saturated carbocycles. The Balaban J connectivity index is 1.83. The number of anilines is 1. The quantitative estimate of drug-likeness (QED) is 0.631. The van der Waals surface area contributed by atoms with E-state index in [4.69, 9.17) is 12.2 Å². The van der Waals surface area contributed by atoms with Crippen LogP contribution in [-0.4, -0.2) is 10.8 Å². The first kappa shape index (κ1) is 13.0. The molecule has 1 aliphatic rings. The molecule has 1 aromatic rings. The van der Waals surface area contributed by atoms with Crippen molar-refractivity contribution in [1.29, 1.82) is 0 Å². The Labute approximate surface area is 114 Å². The van der Waals surface area contributed by atoms with E-state index in [9.17, 15) is 0 Å². The smallest absolute Gasteiger partial charge is 0.191 e. The van der Waals surface area contributed by atoms with Gasteiger partial charge in [0, 0.05) is 11.4 Å². The first-order valence-corrected chi connectivity index (χ1v) is 6.82. The maximum absolute atomic E-state index is 5.20. The number of hydrazone groups is 1. The Hall–Kier alpha value is -1.42. The number of para-hydroxylation sites is 1. The minimum atomic E-state index is 0.548. The van der Waals surface area contributed by atoms with Crippen LogP contribution in [0.4, 0.5) is 5.69 Å². The van der Waals surface area contributed by atoms with Gasteiger partial charge in [0.25, 0.3) is 0 Å². The SMILES string of the molecule is C[C@@H]1CCCC(=NNC(=S)Nc2ccccc2)C1. The Morgan fingerprint density at radius 3 is 2.83 bits per heavy atom. The summed E-state index contributed by atoms with van der Waals surface area (Å²) in [7, 11) is 0. The van der Waals surface area contributed by atoms with E-state index in [1.54, 1.807) is 0 Å². The van der Waals surface area contributed by atoms with Gasteiger partial charge in [-0.15, -0.1) is 0 Å². The maximum Gasteiger partial charge on any atom is 0.191 e. The Bertz CT molecular complexity index is 428. The normalized spacial score (nSPS) is 21.6. The summed E-state index contributed by atoms with van der Waals surface area (Å²) in [5, 5.41) is 8.05. The van der Waals surface area contributed by atoms with Crippen LogP contribution in [0.1, 0.15) is 32.6 Å². The van der Waals surface area contributed by atoms with Crippen LogP contribution in [0.5, 0.6) is 0 Å². The van der Waals surface area contributed by atoms with Crippen LogP contribution < -0.4 is 10.7 Å². The third-order valence-electron chi connectivity index (χ3n) is 3.09. The highest BCUT2D eigenvalue weighted by Gasteiger charge is 2.13. The maximum atomic E-state index is 5.20. The number of nitrogens with zero attached hydrogens (tertiary/aromatic N) is 1. The number of thiocarbonyl (C=S) groups is 1. The monoisotopic (exact) mass is 261 g/mol. The summed E-state index contributed by atoms with van der Waals surface area (Å²) >= 11 is 5.20. The number of hydrogen-bond donors (Lipinski definition) is 2. The number of hydrogen-bond acceptors (Lipinski definition) is 2. The van der Waals surface area contributed by atoms with E-state index in [0.29, 0.717) is 5.11 Å². The van der Waals surface area contributed by atoms with Gasteiger partial charge in [0.1, 0.15) is 0 Å². The molecule has 1 atom stereocenters. The fourth-order valence-electron chi connectivity index (χ4n) is 2.17. The zero-order valence-corrected chi connectivity index (χ0v) is 11.5. The summed E-state index contributed by atoms with van der Waals surface area (Å²) < 4.78 is 0. The average molecular weight is 261 g/mol. The van der Waals surface area contributed by atoms with Gasteiger partial charge >= 0.3 is 0 Å². The van der Waals surface area contributed by atoms with Crippen LogP contribution in [0.3, 0.4) is 0 Å². The van der Waals surface area contributed by atoms with Crippen molar-refractivity contribution in [1.82, 2.24) is 5.43 Å². The second-order valence-electron chi connectivity index (χ2n) is 4.81. The van der Waals surface area contributed by atoms with E-state index in [2.05, 4.69) is 22.8 Å². The summed E-state index contributed by atoms with van der Waals surface area (Å²) in [5.74, 6) is 0.745. The van der Waals surface area contributed by atoms with Crippen LogP contribution in [0.25, 0.3) is 0 Å². The molecule has 1 aromatic carbocycles. The molecule has 0 aromatic heterocycles. The van der Waals surface area contributed by atoms with Gasteiger partial charge in [-0.3, -0.25) is 5.43 Å². The fourth-order valence-corrected chi connectivity index (χ4v) is 2.34. The highest BCUT2D eigenvalue weighted by molar-refractivity contribution is 7.80. The summed E-state index contributed by atoms with van der Waals surface area (Å²) in [6.07, 6.45) is 4.72. The van der Waals surface area contributed by atoms with Crippen LogP contribution >= 0.6 is 12.2 Å². The lowest BCUT2D eigenvalue weighted by atomic mass is 9.89. The summed E-state index contributed by atoms with van der Waals surface area (Å²) in [5.41, 5.74) is 5.14. The molecule has 3 nitrogen and oxygen atoms in total. The summed E-state index contributed by atoms with van der Waals surface area (Å²) in [6, 6.07) is 9.87. The number of nitrogens with one attached hydrogen (secondary N) is 2. The van der Waals surface area contributed by atoms with E-state index in [1.165, 1.54) is 18.6 Å². The predicted octanol–water partition coefficient (Wildman–Crippen LogP) is 3.54. The van der Waals surface area contributed by atoms with Crippen LogP contribution in [0.2, 0.25) is 0 Å². The van der Waals surface area contributed by atoms with Gasteiger partial charge in [-0.1, -0.05) is 25.1 Å². The van der Waals surface area contributed by atoms with Gasteiger partial charge in [0.05, 0.1) is 0 Å². The molecule has 96 valence electrons. The van der Waals surface area contributed by atoms with Gasteiger partial charge in [0.2, 0.25) is 0 Å². The van der Waals surface area contributed by atoms with Gasteiger partial charge in [-0.05, 0) is 56.0 Å². The lowest BCUT2D eigenvalue weighted by molar-refractivity contribution is 0.498. The van der Waals surface area contributed by atoms with E-state index in [-0.39, 0.29) is 0 Å². The predicted molar refractivity (Wildman–Crippen MR) is 80.9 cm³/mol. The van der Waals surface area contributed by atoms with Crippen LogP contribution in [-0.2, 0) is 0 Å². The second kappa shape index (κ2) is 6.50. The van der Waals surface area contributed by atoms with Crippen molar-refractivity contribution in [2.75, 3.05) is 5.32 Å². The molecule has 0 saturated heterocycles. The summed E-state index contributed by atoms with van der Waals surface area (Å²) in [6.45, 7) is 2.27. The molecule has 0 aliphatic heterocycles. The molecule has 0 heterocycles. The minimum Gasteiger partial charge on any atom is -0.331 e. The van der Waals surface area contributed by atoms with Crippen LogP contribution in [0.15, 0.2) is 35.4 Å². The van der Waals surface area contributed by atoms with Crippen molar-refractivity contribution in [3.63, 3.8) is 0 Å². The largest absolute Gasteiger partial charge is 0.331 e. The molecule has 18 heavy (non-hydrogen) atoms. The third-order valence-corrected chi connectivity index (χ3v) is 3.29. The topological polar surface area (TPSA) is 36.4 Å². The lowest BCUT2D eigenvalue weighted by Gasteiger charge is -2.19. The first-order valence-electron chi connectivity index (χ1n) is 6.41. The Kier molecular flexibility index (Phi) is 4.70. The van der Waals surface area contributed by atoms with E-state index < -0.39 is 0 Å². The van der Waals surface area contributed by atoms with Crippen molar-refractivity contribution >= 4 is 28.7 Å². The molecule has 1 fully saturated rings. The molecule has 0 spiro atoms. The average Bonchev–Trinajstić information content (AvgIpc) is 2.38. The number of rotatable bonds is 2. The molecule has 2 N–H and O–H groups in total. The van der Waals surface area contributed by atoms with Crippen molar-refractivity contribution < 1.29 is 0 Å². The molecular formula is C14H19N3S. The van der Waals surface area contributed by atoms with Crippen molar-refractivity contribution in [2.45, 2.75) is 32.6 Å². The Morgan fingerprint density at radius 2 is 2.11 bits per heavy atom. The molecule has 0 amide bonds. The zero-order chi connectivity index (χ0) is 12.8. The molecule has 0 radical (unpaired) electrons. The molecule has 4 heteroatoms. The standard InChI is InChI=1S/C14H19N3S/c1-11-6-5-9-13(10-11)16-17-14(18)15-12-7-3-2-4-8-12/h2-4,7-8,11H,5-6,9-10H2,1H3,(H2,15,17,18)/t11-/m1/s1. The molecule has 1 aliphatic carbocycles. The highest BCUT2D eigenvalue weighted by atomic mass is 32.1. The molecule has 0 unspecified atom stereocenters. The van der Waals surface area contributed by atoms with E-state index >= 15 is 0 Å². The number of benzene rings is 1. The van der Waals surface area contributed by atoms with E-state index in [0.717, 1.165) is 24.4 Å². The van der Waals surface area contributed by atoms with Gasteiger partial charge in [0.15, 0.2) is 5.11 Å². The van der Waals surface area contributed by atoms with Crippen LogP contribution in [0, 0.1) is 5.92 Å². The first-order chi connectivity index (χ1) is 8.74. The lowest BCUT2D eigenvalue weighted by Crippen LogP contribution is -2.26. The molecule has 0 bridgehead atoms. The van der Waals surface area contributed by atoms with Gasteiger partial charge < -0.3 is 5.32 Å². The fraction of sp³-hybridized carbons (Fsp3) is 0.429. The van der Waals surface area contributed by atoms with Crippen molar-refractivity contribution in [2.24, 2.45) is 11.0 Å². The van der Waals surface area contributed by atoms with Gasteiger partial charge in [-0.25, -0.2) is 0 Å². The minimum absolute atomic E-state index is 0.548. The van der Waals surface area contributed by atoms with E-state index in [1.807, 2.05) is 30.3 Å². The van der Waals surface area contributed by atoms with Gasteiger partial charge in [-0.2, -0.15) is 5.10 Å². The molecular weight excluding hydrogens is 242 g/mol.